The number of pyridine rings is 1. The van der Waals surface area contributed by atoms with E-state index in [0.717, 1.165) is 42.7 Å². The van der Waals surface area contributed by atoms with E-state index in [1.54, 1.807) is 43.5 Å². The number of benzene rings is 2. The first-order valence-corrected chi connectivity index (χ1v) is 16.4. The van der Waals surface area contributed by atoms with Crippen LogP contribution in [-0.4, -0.2) is 57.6 Å². The maximum Gasteiger partial charge on any atom is 0.307 e. The van der Waals surface area contributed by atoms with E-state index in [0.29, 0.717) is 42.0 Å². The van der Waals surface area contributed by atoms with E-state index in [9.17, 15) is 14.4 Å². The normalized spacial score (nSPS) is 12.0. The number of aromatic nitrogens is 3. The van der Waals surface area contributed by atoms with Gasteiger partial charge in [0.15, 0.2) is 6.23 Å². The number of carbonyl (C=O) groups is 3. The average Bonchev–Trinajstić information content (AvgIpc) is 3.41. The predicted molar refractivity (Wildman–Crippen MR) is 187 cm³/mol. The number of carbonyl (C=O) groups excluding carboxylic acids is 3. The van der Waals surface area contributed by atoms with Crippen molar-refractivity contribution in [3.63, 3.8) is 0 Å². The van der Waals surface area contributed by atoms with Crippen molar-refractivity contribution in [3.05, 3.63) is 83.8 Å². The summed E-state index contributed by atoms with van der Waals surface area (Å²) in [5.41, 5.74) is 9.72. The lowest BCUT2D eigenvalue weighted by molar-refractivity contribution is -0.148. The molecule has 4 rings (SSSR count). The fourth-order valence-corrected chi connectivity index (χ4v) is 5.03. The number of nitrogens with zero attached hydrogens (tertiary/aromatic N) is 5. The molecule has 0 bridgehead atoms. The van der Waals surface area contributed by atoms with Crippen LogP contribution in [-0.2, 0) is 32.7 Å². The van der Waals surface area contributed by atoms with Gasteiger partial charge in [0.1, 0.15) is 17.5 Å². The molecule has 4 aromatic rings. The summed E-state index contributed by atoms with van der Waals surface area (Å²) in [5.74, 6) is 0.589. The van der Waals surface area contributed by atoms with Crippen molar-refractivity contribution in [2.24, 2.45) is 17.8 Å². The third-order valence-corrected chi connectivity index (χ3v) is 7.64. The zero-order valence-corrected chi connectivity index (χ0v) is 28.1. The minimum Gasteiger partial charge on any atom is -0.466 e. The lowest BCUT2D eigenvalue weighted by Gasteiger charge is -2.21. The first-order valence-electron chi connectivity index (χ1n) is 16.4. The van der Waals surface area contributed by atoms with Gasteiger partial charge >= 0.3 is 11.9 Å². The number of hydrogen-bond acceptors (Lipinski definition) is 9. The highest BCUT2D eigenvalue weighted by atomic mass is 16.6. The number of aryl methyl sites for hydroxylation is 1. The van der Waals surface area contributed by atoms with E-state index < -0.39 is 6.23 Å². The molecular formula is C36H45N7O5. The Hall–Kier alpha value is -5.26. The predicted octanol–water partition coefficient (Wildman–Crippen LogP) is 5.75. The Balaban J connectivity index is 1.41. The van der Waals surface area contributed by atoms with Crippen molar-refractivity contribution < 1.29 is 23.9 Å². The molecule has 0 aliphatic rings. The lowest BCUT2D eigenvalue weighted by Crippen LogP contribution is -2.34. The Labute approximate surface area is 281 Å². The topological polar surface area (TPSA) is 154 Å². The number of fused-ring (bicyclic) bond motifs is 1. The molecular weight excluding hydrogens is 610 g/mol. The van der Waals surface area contributed by atoms with Crippen molar-refractivity contribution in [2.75, 3.05) is 23.4 Å². The number of hydrogen-bond donors (Lipinski definition) is 2. The zero-order valence-electron chi connectivity index (χ0n) is 28.1. The van der Waals surface area contributed by atoms with Gasteiger partial charge in [-0.05, 0) is 74.4 Å². The van der Waals surface area contributed by atoms with Crippen LogP contribution < -0.4 is 16.0 Å². The summed E-state index contributed by atoms with van der Waals surface area (Å²) in [4.78, 5) is 52.8. The molecule has 3 N–H and O–H groups in total. The van der Waals surface area contributed by atoms with Gasteiger partial charge in [0.25, 0.3) is 5.91 Å². The molecule has 48 heavy (non-hydrogen) atoms. The second-order valence-corrected chi connectivity index (χ2v) is 11.4. The quantitative estimate of drug-likeness (QED) is 0.0627. The van der Waals surface area contributed by atoms with Crippen LogP contribution in [0.5, 0.6) is 0 Å². The molecule has 0 radical (unpaired) electrons. The minimum atomic E-state index is -0.669. The summed E-state index contributed by atoms with van der Waals surface area (Å²) in [7, 11) is 1.92. The van der Waals surface area contributed by atoms with E-state index >= 15 is 0 Å². The number of nitrogens with two attached hydrogens (primary N) is 1. The second-order valence-electron chi connectivity index (χ2n) is 11.4. The molecule has 2 aromatic carbocycles. The number of amides is 1. The zero-order chi connectivity index (χ0) is 34.5. The molecule has 1 amide bonds. The molecule has 2 heterocycles. The van der Waals surface area contributed by atoms with Gasteiger partial charge in [0.2, 0.25) is 0 Å². The molecule has 0 spiro atoms. The van der Waals surface area contributed by atoms with E-state index in [2.05, 4.69) is 22.2 Å². The Morgan fingerprint density at radius 3 is 2.46 bits per heavy atom. The summed E-state index contributed by atoms with van der Waals surface area (Å²) in [6.07, 6.45) is 4.93. The van der Waals surface area contributed by atoms with Gasteiger partial charge in [-0.15, -0.1) is 0 Å². The molecule has 0 saturated heterocycles. The lowest BCUT2D eigenvalue weighted by atomic mass is 10.1. The Morgan fingerprint density at radius 1 is 0.979 bits per heavy atom. The highest BCUT2D eigenvalue weighted by molar-refractivity contribution is 6.07. The van der Waals surface area contributed by atoms with Crippen LogP contribution in [0.1, 0.15) is 81.0 Å². The second kappa shape index (κ2) is 17.6. The van der Waals surface area contributed by atoms with Crippen LogP contribution in [0.3, 0.4) is 0 Å². The van der Waals surface area contributed by atoms with E-state index in [1.165, 1.54) is 4.90 Å². The molecule has 254 valence electrons. The summed E-state index contributed by atoms with van der Waals surface area (Å²) in [6.45, 7) is 6.62. The molecule has 1 atom stereocenters. The molecule has 0 aliphatic heterocycles. The number of amidine groups is 1. The van der Waals surface area contributed by atoms with Crippen molar-refractivity contribution >= 4 is 46.2 Å². The first-order chi connectivity index (χ1) is 23.2. The third kappa shape index (κ3) is 9.87. The number of aliphatic imine (C=N–C) groups is 1. The number of rotatable bonds is 17. The third-order valence-electron chi connectivity index (χ3n) is 7.64. The molecule has 12 nitrogen and oxygen atoms in total. The van der Waals surface area contributed by atoms with E-state index in [1.807, 2.05) is 48.9 Å². The molecule has 2 aromatic heterocycles. The summed E-state index contributed by atoms with van der Waals surface area (Å²) >= 11 is 0. The fraction of sp³-hybridized carbons (Fsp3) is 0.389. The largest absolute Gasteiger partial charge is 0.466 e. The average molecular weight is 656 g/mol. The van der Waals surface area contributed by atoms with Gasteiger partial charge in [-0.2, -0.15) is 0 Å². The van der Waals surface area contributed by atoms with Gasteiger partial charge in [-0.1, -0.05) is 32.8 Å². The van der Waals surface area contributed by atoms with Crippen LogP contribution in [0.4, 0.5) is 11.5 Å². The van der Waals surface area contributed by atoms with Crippen molar-refractivity contribution in [2.45, 2.75) is 72.1 Å². The van der Waals surface area contributed by atoms with E-state index in [4.69, 9.17) is 20.2 Å². The SMILES string of the molecule is CCCCCC(=O)OC(C)/N=C(/N)c1ccc(NCc2nc3cc(C(=O)N(CCC(=O)OCCC)c4ccccn4)ccc3n2C)cc1. The molecule has 0 fully saturated rings. The minimum absolute atomic E-state index is 0.0536. The van der Waals surface area contributed by atoms with Gasteiger partial charge in [0.05, 0.1) is 30.6 Å². The Morgan fingerprint density at radius 2 is 1.75 bits per heavy atom. The number of anilines is 2. The Bertz CT molecular complexity index is 1700. The van der Waals surface area contributed by atoms with Crippen LogP contribution in [0.25, 0.3) is 11.0 Å². The number of nitrogens with one attached hydrogen (secondary N) is 1. The molecule has 12 heteroatoms. The van der Waals surface area contributed by atoms with Crippen LogP contribution in [0.2, 0.25) is 0 Å². The smallest absolute Gasteiger partial charge is 0.307 e. The standard InChI is InChI=1S/C36H45N7O5/c1-5-7-8-12-34(45)48-25(3)40-35(37)26-13-16-28(17-14-26)39-24-32-41-29-23-27(15-18-30(29)42(32)4)36(46)43(31-11-9-10-20-38-31)21-19-33(44)47-22-6-2/h9-11,13-18,20,23,25,39H,5-8,12,19,21-22,24H2,1-4H3,(H2,37,40). The highest BCUT2D eigenvalue weighted by Gasteiger charge is 2.21. The highest BCUT2D eigenvalue weighted by Crippen LogP contribution is 2.21. The summed E-state index contributed by atoms with van der Waals surface area (Å²) < 4.78 is 12.5. The van der Waals surface area contributed by atoms with Crippen LogP contribution in [0, 0.1) is 0 Å². The number of ether oxygens (including phenoxy) is 2. The van der Waals surface area contributed by atoms with Gasteiger partial charge < -0.3 is 25.1 Å². The number of esters is 2. The summed E-state index contributed by atoms with van der Waals surface area (Å²) in [6, 6.07) is 18.2. The van der Waals surface area contributed by atoms with Gasteiger partial charge in [-0.25, -0.2) is 15.0 Å². The maximum absolute atomic E-state index is 13.7. The van der Waals surface area contributed by atoms with Crippen molar-refractivity contribution in [1.82, 2.24) is 14.5 Å². The molecule has 1 unspecified atom stereocenters. The van der Waals surface area contributed by atoms with Crippen molar-refractivity contribution in [3.8, 4) is 0 Å². The molecule has 0 saturated carbocycles. The first kappa shape index (κ1) is 35.6. The Kier molecular flexibility index (Phi) is 13.1. The van der Waals surface area contributed by atoms with Gasteiger partial charge in [0, 0.05) is 43.0 Å². The number of unbranched alkanes of at least 4 members (excludes halogenated alkanes) is 2. The van der Waals surface area contributed by atoms with Gasteiger partial charge in [-0.3, -0.25) is 19.3 Å². The summed E-state index contributed by atoms with van der Waals surface area (Å²) in [5, 5.41) is 3.38. The monoisotopic (exact) mass is 655 g/mol. The van der Waals surface area contributed by atoms with Crippen LogP contribution in [0.15, 0.2) is 71.9 Å². The van der Waals surface area contributed by atoms with E-state index in [-0.39, 0.29) is 36.6 Å². The van der Waals surface area contributed by atoms with Crippen molar-refractivity contribution in [1.29, 1.82) is 0 Å². The van der Waals surface area contributed by atoms with Crippen LogP contribution >= 0.6 is 0 Å². The number of imidazole rings is 1. The molecule has 0 aliphatic carbocycles. The maximum atomic E-state index is 13.7. The fourth-order valence-electron chi connectivity index (χ4n) is 5.03.